The summed E-state index contributed by atoms with van der Waals surface area (Å²) in [5.74, 6) is 0.119. The van der Waals surface area contributed by atoms with Crippen LogP contribution in [-0.2, 0) is 0 Å². The van der Waals surface area contributed by atoms with Crippen LogP contribution in [0.5, 0.6) is 5.75 Å². The molecule has 1 fully saturated rings. The molecule has 0 saturated carbocycles. The SMILES string of the molecule is CCCCOc1c[nH]nc(C(=O)N2CCC[C@@H]2[C@H](C)C(c2ccccc2)c2ccccc2)c1=O. The van der Waals surface area contributed by atoms with E-state index in [0.29, 0.717) is 13.2 Å². The molecule has 2 aromatic carbocycles. The molecule has 2 heterocycles. The van der Waals surface area contributed by atoms with E-state index in [1.165, 1.54) is 17.3 Å². The van der Waals surface area contributed by atoms with Crippen LogP contribution in [0, 0.1) is 5.92 Å². The topological polar surface area (TPSA) is 75.3 Å². The summed E-state index contributed by atoms with van der Waals surface area (Å²) in [6.45, 7) is 5.33. The number of aromatic nitrogens is 2. The van der Waals surface area contributed by atoms with E-state index in [9.17, 15) is 9.59 Å². The van der Waals surface area contributed by atoms with E-state index in [-0.39, 0.29) is 35.2 Å². The third-order valence-corrected chi connectivity index (χ3v) is 6.78. The Hall–Kier alpha value is -3.41. The molecule has 3 aromatic rings. The third kappa shape index (κ3) is 5.06. The zero-order chi connectivity index (χ0) is 23.9. The standard InChI is InChI=1S/C28H33N3O3/c1-3-4-18-34-24-19-29-30-26(27(24)32)28(33)31-17-11-16-23(31)20(2)25(21-12-7-5-8-13-21)22-14-9-6-10-15-22/h5-10,12-15,19-20,23,25H,3-4,11,16-18H2,1-2H3,(H,29,32)/t20-,23+/m0/s1. The fourth-order valence-electron chi connectivity index (χ4n) is 5.04. The highest BCUT2D eigenvalue weighted by atomic mass is 16.5. The van der Waals surface area contributed by atoms with Crippen LogP contribution in [0.1, 0.15) is 67.1 Å². The average Bonchev–Trinajstić information content (AvgIpc) is 3.36. The number of nitrogens with zero attached hydrogens (tertiary/aromatic N) is 2. The van der Waals surface area contributed by atoms with Crippen LogP contribution in [0.2, 0.25) is 0 Å². The molecule has 1 N–H and O–H groups in total. The number of benzene rings is 2. The molecule has 1 aliphatic rings. The average molecular weight is 460 g/mol. The molecule has 1 amide bonds. The van der Waals surface area contributed by atoms with Gasteiger partial charge in [0.25, 0.3) is 11.3 Å². The lowest BCUT2D eigenvalue weighted by molar-refractivity contribution is 0.0677. The second-order valence-electron chi connectivity index (χ2n) is 9.00. The highest BCUT2D eigenvalue weighted by Gasteiger charge is 2.38. The summed E-state index contributed by atoms with van der Waals surface area (Å²) in [4.78, 5) is 28.4. The number of hydrogen-bond acceptors (Lipinski definition) is 4. The Morgan fingerprint density at radius 3 is 2.38 bits per heavy atom. The molecule has 6 heteroatoms. The van der Waals surface area contributed by atoms with Crippen molar-refractivity contribution in [3.05, 3.63) is 93.9 Å². The second kappa shape index (κ2) is 11.1. The zero-order valence-electron chi connectivity index (χ0n) is 19.9. The summed E-state index contributed by atoms with van der Waals surface area (Å²) in [6, 6.07) is 20.9. The van der Waals surface area contributed by atoms with Gasteiger partial charge in [-0.1, -0.05) is 80.9 Å². The van der Waals surface area contributed by atoms with Gasteiger partial charge in [-0.15, -0.1) is 0 Å². The molecule has 0 aliphatic carbocycles. The monoisotopic (exact) mass is 459 g/mol. The third-order valence-electron chi connectivity index (χ3n) is 6.78. The predicted molar refractivity (Wildman–Crippen MR) is 133 cm³/mol. The number of H-pyrrole nitrogens is 1. The van der Waals surface area contributed by atoms with E-state index in [2.05, 4.69) is 72.6 Å². The van der Waals surface area contributed by atoms with Crippen molar-refractivity contribution in [2.24, 2.45) is 5.92 Å². The van der Waals surface area contributed by atoms with Crippen molar-refractivity contribution in [2.75, 3.05) is 13.2 Å². The van der Waals surface area contributed by atoms with Gasteiger partial charge in [0, 0.05) is 18.5 Å². The van der Waals surface area contributed by atoms with E-state index in [1.54, 1.807) is 0 Å². The second-order valence-corrected chi connectivity index (χ2v) is 9.00. The van der Waals surface area contributed by atoms with Crippen LogP contribution in [0.3, 0.4) is 0 Å². The first-order valence-corrected chi connectivity index (χ1v) is 12.2. The fourth-order valence-corrected chi connectivity index (χ4v) is 5.04. The highest BCUT2D eigenvalue weighted by molar-refractivity contribution is 5.92. The van der Waals surface area contributed by atoms with E-state index in [4.69, 9.17) is 4.74 Å². The first kappa shape index (κ1) is 23.7. The van der Waals surface area contributed by atoms with Gasteiger partial charge in [-0.2, -0.15) is 5.10 Å². The highest BCUT2D eigenvalue weighted by Crippen LogP contribution is 2.38. The zero-order valence-corrected chi connectivity index (χ0v) is 19.9. The van der Waals surface area contributed by atoms with Gasteiger partial charge in [0.15, 0.2) is 11.4 Å². The smallest absolute Gasteiger partial charge is 0.278 e. The van der Waals surface area contributed by atoms with E-state index in [1.807, 2.05) is 17.0 Å². The van der Waals surface area contributed by atoms with Gasteiger partial charge in [0.1, 0.15) is 0 Å². The minimum absolute atomic E-state index is 0.00350. The van der Waals surface area contributed by atoms with E-state index in [0.717, 1.165) is 25.7 Å². The van der Waals surface area contributed by atoms with Crippen LogP contribution in [0.4, 0.5) is 0 Å². The Morgan fingerprint density at radius 2 is 1.76 bits per heavy atom. The molecule has 0 spiro atoms. The normalized spacial score (nSPS) is 16.6. The molecule has 1 saturated heterocycles. The number of amides is 1. The van der Waals surface area contributed by atoms with Gasteiger partial charge in [-0.3, -0.25) is 14.7 Å². The maximum absolute atomic E-state index is 13.5. The lowest BCUT2D eigenvalue weighted by Gasteiger charge is -2.35. The number of hydrogen-bond donors (Lipinski definition) is 1. The number of carbonyl (C=O) groups is 1. The number of ether oxygens (including phenoxy) is 1. The van der Waals surface area contributed by atoms with Gasteiger partial charge in [0.05, 0.1) is 12.8 Å². The summed E-state index contributed by atoms with van der Waals surface area (Å²) >= 11 is 0. The first-order chi connectivity index (χ1) is 16.6. The maximum Gasteiger partial charge on any atom is 0.278 e. The Labute approximate surface area is 201 Å². The molecule has 0 unspecified atom stereocenters. The van der Waals surface area contributed by atoms with Crippen molar-refractivity contribution in [3.63, 3.8) is 0 Å². The summed E-state index contributed by atoms with van der Waals surface area (Å²) < 4.78 is 5.60. The Balaban J connectivity index is 1.62. The molecule has 34 heavy (non-hydrogen) atoms. The largest absolute Gasteiger partial charge is 0.488 e. The Kier molecular flexibility index (Phi) is 7.78. The lowest BCUT2D eigenvalue weighted by Crippen LogP contribution is -2.43. The molecule has 178 valence electrons. The fraction of sp³-hybridized carbons (Fsp3) is 0.393. The molecular weight excluding hydrogens is 426 g/mol. The molecule has 1 aromatic heterocycles. The summed E-state index contributed by atoms with van der Waals surface area (Å²) in [5.41, 5.74) is 1.91. The van der Waals surface area contributed by atoms with Crippen LogP contribution >= 0.6 is 0 Å². The van der Waals surface area contributed by atoms with Crippen molar-refractivity contribution >= 4 is 5.91 Å². The molecule has 4 rings (SSSR count). The van der Waals surface area contributed by atoms with Gasteiger partial charge >= 0.3 is 0 Å². The van der Waals surface area contributed by atoms with Crippen molar-refractivity contribution < 1.29 is 9.53 Å². The minimum atomic E-state index is -0.444. The van der Waals surface area contributed by atoms with Crippen LogP contribution in [0.15, 0.2) is 71.7 Å². The number of likely N-dealkylation sites (tertiary alicyclic amines) is 1. The number of nitrogens with one attached hydrogen (secondary N) is 1. The number of unbranched alkanes of at least 4 members (excludes halogenated alkanes) is 1. The Morgan fingerprint density at radius 1 is 1.12 bits per heavy atom. The molecule has 6 nitrogen and oxygen atoms in total. The van der Waals surface area contributed by atoms with Crippen LogP contribution in [-0.4, -0.2) is 40.2 Å². The van der Waals surface area contributed by atoms with Gasteiger partial charge < -0.3 is 9.64 Å². The van der Waals surface area contributed by atoms with E-state index < -0.39 is 5.43 Å². The van der Waals surface area contributed by atoms with Crippen molar-refractivity contribution in [1.29, 1.82) is 0 Å². The van der Waals surface area contributed by atoms with Crippen LogP contribution in [0.25, 0.3) is 0 Å². The molecule has 1 aliphatic heterocycles. The van der Waals surface area contributed by atoms with Crippen molar-refractivity contribution in [1.82, 2.24) is 15.1 Å². The Bertz CT molecular complexity index is 1090. The number of carbonyl (C=O) groups excluding carboxylic acids is 1. The first-order valence-electron chi connectivity index (χ1n) is 12.2. The summed E-state index contributed by atoms with van der Waals surface area (Å²) in [7, 11) is 0. The number of rotatable bonds is 9. The van der Waals surface area contributed by atoms with Gasteiger partial charge in [0.2, 0.25) is 0 Å². The quantitative estimate of drug-likeness (QED) is 0.456. The molecule has 0 bridgehead atoms. The maximum atomic E-state index is 13.5. The molecule has 0 radical (unpaired) electrons. The minimum Gasteiger partial charge on any atom is -0.488 e. The van der Waals surface area contributed by atoms with Crippen molar-refractivity contribution in [3.8, 4) is 5.75 Å². The molecular formula is C28H33N3O3. The van der Waals surface area contributed by atoms with Crippen molar-refractivity contribution in [2.45, 2.75) is 51.5 Å². The predicted octanol–water partition coefficient (Wildman–Crippen LogP) is 5.02. The van der Waals surface area contributed by atoms with E-state index >= 15 is 0 Å². The van der Waals surface area contributed by atoms with Crippen LogP contribution < -0.4 is 10.2 Å². The van der Waals surface area contributed by atoms with Gasteiger partial charge in [-0.05, 0) is 36.3 Å². The number of aromatic amines is 1. The molecule has 2 atom stereocenters. The summed E-state index contributed by atoms with van der Waals surface area (Å²) in [6.07, 6.45) is 5.04. The summed E-state index contributed by atoms with van der Waals surface area (Å²) in [5, 5.41) is 6.76. The lowest BCUT2D eigenvalue weighted by atomic mass is 9.77. The van der Waals surface area contributed by atoms with Gasteiger partial charge in [-0.25, -0.2) is 0 Å².